The van der Waals surface area contributed by atoms with Crippen molar-refractivity contribution in [3.8, 4) is 0 Å². The van der Waals surface area contributed by atoms with Gasteiger partial charge in [0.25, 0.3) is 0 Å². The SMILES string of the molecule is Cc1ccc(/C=N/Nc2cnccn2)s1. The van der Waals surface area contributed by atoms with E-state index in [1.807, 2.05) is 6.07 Å². The van der Waals surface area contributed by atoms with E-state index >= 15 is 0 Å². The minimum absolute atomic E-state index is 0.641. The van der Waals surface area contributed by atoms with Crippen molar-refractivity contribution in [1.82, 2.24) is 9.97 Å². The molecule has 5 heteroatoms. The highest BCUT2D eigenvalue weighted by molar-refractivity contribution is 7.13. The van der Waals surface area contributed by atoms with Crippen LogP contribution in [0.15, 0.2) is 35.8 Å². The van der Waals surface area contributed by atoms with E-state index in [0.29, 0.717) is 5.82 Å². The first-order valence-electron chi connectivity index (χ1n) is 4.46. The number of nitrogens with zero attached hydrogens (tertiary/aromatic N) is 3. The molecule has 0 amide bonds. The molecule has 0 unspecified atom stereocenters. The van der Waals surface area contributed by atoms with Gasteiger partial charge in [0.05, 0.1) is 12.4 Å². The highest BCUT2D eigenvalue weighted by Gasteiger charge is 1.92. The molecule has 0 aromatic carbocycles. The smallest absolute Gasteiger partial charge is 0.164 e. The van der Waals surface area contributed by atoms with Crippen LogP contribution in [0.3, 0.4) is 0 Å². The lowest BCUT2D eigenvalue weighted by atomic mass is 10.4. The van der Waals surface area contributed by atoms with E-state index in [1.54, 1.807) is 36.1 Å². The molecule has 0 saturated carbocycles. The van der Waals surface area contributed by atoms with Crippen LogP contribution in [0.4, 0.5) is 5.82 Å². The maximum Gasteiger partial charge on any atom is 0.164 e. The van der Waals surface area contributed by atoms with Crippen molar-refractivity contribution < 1.29 is 0 Å². The van der Waals surface area contributed by atoms with Crippen LogP contribution in [-0.2, 0) is 0 Å². The maximum atomic E-state index is 4.06. The quantitative estimate of drug-likeness (QED) is 0.635. The van der Waals surface area contributed by atoms with Crippen molar-refractivity contribution in [1.29, 1.82) is 0 Å². The van der Waals surface area contributed by atoms with Crippen LogP contribution in [0.2, 0.25) is 0 Å². The van der Waals surface area contributed by atoms with E-state index in [2.05, 4.69) is 33.5 Å². The average molecular weight is 218 g/mol. The zero-order chi connectivity index (χ0) is 10.5. The van der Waals surface area contributed by atoms with Gasteiger partial charge in [-0.2, -0.15) is 5.10 Å². The molecule has 0 aliphatic heterocycles. The number of thiophene rings is 1. The van der Waals surface area contributed by atoms with Crippen molar-refractivity contribution in [2.75, 3.05) is 5.43 Å². The molecule has 0 spiro atoms. The average Bonchev–Trinajstić information content (AvgIpc) is 2.66. The van der Waals surface area contributed by atoms with Gasteiger partial charge in [-0.1, -0.05) is 0 Å². The van der Waals surface area contributed by atoms with Gasteiger partial charge in [0.2, 0.25) is 0 Å². The van der Waals surface area contributed by atoms with Crippen LogP contribution in [0.5, 0.6) is 0 Å². The van der Waals surface area contributed by atoms with E-state index in [4.69, 9.17) is 0 Å². The molecule has 1 N–H and O–H groups in total. The van der Waals surface area contributed by atoms with Crippen molar-refractivity contribution in [2.45, 2.75) is 6.92 Å². The predicted molar refractivity (Wildman–Crippen MR) is 62.3 cm³/mol. The Kier molecular flexibility index (Phi) is 3.04. The Morgan fingerprint density at radius 3 is 3.00 bits per heavy atom. The van der Waals surface area contributed by atoms with Gasteiger partial charge in [0.1, 0.15) is 0 Å². The van der Waals surface area contributed by atoms with Crippen LogP contribution >= 0.6 is 11.3 Å². The summed E-state index contributed by atoms with van der Waals surface area (Å²) < 4.78 is 0. The number of hydrazone groups is 1. The molecule has 2 aromatic heterocycles. The highest BCUT2D eigenvalue weighted by Crippen LogP contribution is 2.12. The zero-order valence-electron chi connectivity index (χ0n) is 8.21. The number of hydrogen-bond donors (Lipinski definition) is 1. The molecule has 2 aromatic rings. The van der Waals surface area contributed by atoms with Crippen molar-refractivity contribution >= 4 is 23.4 Å². The van der Waals surface area contributed by atoms with Crippen molar-refractivity contribution in [3.05, 3.63) is 40.5 Å². The standard InChI is InChI=1S/C10H10N4S/c1-8-2-3-9(15-8)6-13-14-10-7-11-4-5-12-10/h2-7H,1H3,(H,12,14)/b13-6+. The third kappa shape index (κ3) is 2.85. The zero-order valence-corrected chi connectivity index (χ0v) is 9.03. The van der Waals surface area contributed by atoms with Crippen LogP contribution in [0.1, 0.15) is 9.75 Å². The van der Waals surface area contributed by atoms with E-state index < -0.39 is 0 Å². The number of hydrogen-bond acceptors (Lipinski definition) is 5. The summed E-state index contributed by atoms with van der Waals surface area (Å²) in [5.41, 5.74) is 2.80. The Labute approximate surface area is 91.7 Å². The highest BCUT2D eigenvalue weighted by atomic mass is 32.1. The lowest BCUT2D eigenvalue weighted by Crippen LogP contribution is -1.92. The molecule has 0 saturated heterocycles. The summed E-state index contributed by atoms with van der Waals surface area (Å²) in [5.74, 6) is 0.641. The van der Waals surface area contributed by atoms with Crippen LogP contribution in [0, 0.1) is 6.92 Å². The molecule has 0 radical (unpaired) electrons. The summed E-state index contributed by atoms with van der Waals surface area (Å²) >= 11 is 1.70. The number of nitrogens with one attached hydrogen (secondary N) is 1. The summed E-state index contributed by atoms with van der Waals surface area (Å²) in [4.78, 5) is 10.3. The van der Waals surface area contributed by atoms with E-state index in [1.165, 1.54) is 4.88 Å². The fraction of sp³-hybridized carbons (Fsp3) is 0.100. The molecule has 0 bridgehead atoms. The summed E-state index contributed by atoms with van der Waals surface area (Å²) in [5, 5.41) is 4.06. The monoisotopic (exact) mass is 218 g/mol. The Hall–Kier alpha value is -1.75. The van der Waals surface area contributed by atoms with Gasteiger partial charge in [0.15, 0.2) is 5.82 Å². The molecule has 4 nitrogen and oxygen atoms in total. The predicted octanol–water partition coefficient (Wildman–Crippen LogP) is 2.29. The van der Waals surface area contributed by atoms with Gasteiger partial charge in [-0.3, -0.25) is 10.4 Å². The molecule has 0 aliphatic rings. The molecule has 76 valence electrons. The van der Waals surface area contributed by atoms with Gasteiger partial charge in [-0.05, 0) is 19.1 Å². The van der Waals surface area contributed by atoms with E-state index in [0.717, 1.165) is 4.88 Å². The summed E-state index contributed by atoms with van der Waals surface area (Å²) in [6.07, 6.45) is 6.63. The third-order valence-electron chi connectivity index (χ3n) is 1.70. The number of aromatic nitrogens is 2. The number of anilines is 1. The molecule has 0 atom stereocenters. The fourth-order valence-corrected chi connectivity index (χ4v) is 1.79. The Morgan fingerprint density at radius 2 is 2.33 bits per heavy atom. The summed E-state index contributed by atoms with van der Waals surface area (Å²) in [6.45, 7) is 2.07. The van der Waals surface area contributed by atoms with Crippen LogP contribution < -0.4 is 5.43 Å². The second kappa shape index (κ2) is 4.65. The molecule has 15 heavy (non-hydrogen) atoms. The van der Waals surface area contributed by atoms with Crippen LogP contribution in [0.25, 0.3) is 0 Å². The fourth-order valence-electron chi connectivity index (χ4n) is 1.04. The topological polar surface area (TPSA) is 50.2 Å². The minimum Gasteiger partial charge on any atom is -0.260 e. The Balaban J connectivity index is 1.96. The lowest BCUT2D eigenvalue weighted by molar-refractivity contribution is 1.16. The molecule has 2 heterocycles. The first kappa shape index (κ1) is 9.79. The van der Waals surface area contributed by atoms with Gasteiger partial charge >= 0.3 is 0 Å². The van der Waals surface area contributed by atoms with Gasteiger partial charge in [-0.25, -0.2) is 4.98 Å². The third-order valence-corrected chi connectivity index (χ3v) is 2.63. The number of rotatable bonds is 3. The normalized spacial score (nSPS) is 10.7. The maximum absolute atomic E-state index is 4.06. The number of aryl methyl sites for hydroxylation is 1. The Morgan fingerprint density at radius 1 is 1.40 bits per heavy atom. The minimum atomic E-state index is 0.641. The molecule has 0 fully saturated rings. The molecular formula is C10H10N4S. The molecular weight excluding hydrogens is 208 g/mol. The van der Waals surface area contributed by atoms with Gasteiger partial charge in [0, 0.05) is 22.1 Å². The first-order valence-corrected chi connectivity index (χ1v) is 5.28. The first-order chi connectivity index (χ1) is 7.34. The molecule has 0 aliphatic carbocycles. The van der Waals surface area contributed by atoms with E-state index in [9.17, 15) is 0 Å². The van der Waals surface area contributed by atoms with Crippen molar-refractivity contribution in [2.24, 2.45) is 5.10 Å². The second-order valence-corrected chi connectivity index (χ2v) is 4.23. The summed E-state index contributed by atoms with van der Waals surface area (Å²) in [6, 6.07) is 4.09. The Bertz CT molecular complexity index is 449. The van der Waals surface area contributed by atoms with Crippen LogP contribution in [-0.4, -0.2) is 16.2 Å². The van der Waals surface area contributed by atoms with Crippen molar-refractivity contribution in [3.63, 3.8) is 0 Å². The van der Waals surface area contributed by atoms with Gasteiger partial charge in [-0.15, -0.1) is 11.3 Å². The molecule has 2 rings (SSSR count). The summed E-state index contributed by atoms with van der Waals surface area (Å²) in [7, 11) is 0. The second-order valence-electron chi connectivity index (χ2n) is 2.91. The van der Waals surface area contributed by atoms with Gasteiger partial charge < -0.3 is 0 Å². The lowest BCUT2D eigenvalue weighted by Gasteiger charge is -1.95. The largest absolute Gasteiger partial charge is 0.260 e. The van der Waals surface area contributed by atoms with E-state index in [-0.39, 0.29) is 0 Å².